The van der Waals surface area contributed by atoms with E-state index in [4.69, 9.17) is 9.47 Å². The van der Waals surface area contributed by atoms with Crippen LogP contribution in [0.15, 0.2) is 0 Å². The molecule has 0 aromatic carbocycles. The third kappa shape index (κ3) is 6.33. The summed E-state index contributed by atoms with van der Waals surface area (Å²) in [5.41, 5.74) is -0.0958. The highest BCUT2D eigenvalue weighted by molar-refractivity contribution is 4.80. The normalized spacial score (nSPS) is 22.6. The van der Waals surface area contributed by atoms with Crippen LogP contribution in [0, 0.1) is 0 Å². The first-order valence-electron chi connectivity index (χ1n) is 6.27. The van der Waals surface area contributed by atoms with Gasteiger partial charge in [-0.3, -0.25) is 4.90 Å². The van der Waals surface area contributed by atoms with Crippen LogP contribution < -0.4 is 5.32 Å². The number of ether oxygens (including phenoxy) is 2. The minimum Gasteiger partial charge on any atom is -0.390 e. The third-order valence-corrected chi connectivity index (χ3v) is 2.84. The predicted molar refractivity (Wildman–Crippen MR) is 67.2 cm³/mol. The van der Waals surface area contributed by atoms with Crippen molar-refractivity contribution in [3.63, 3.8) is 0 Å². The number of nitrogens with zero attached hydrogens (tertiary/aromatic N) is 1. The lowest BCUT2D eigenvalue weighted by Crippen LogP contribution is -2.51. The molecular weight excluding hydrogens is 220 g/mol. The van der Waals surface area contributed by atoms with Crippen molar-refractivity contribution in [3.8, 4) is 0 Å². The van der Waals surface area contributed by atoms with E-state index in [1.165, 1.54) is 0 Å². The Labute approximate surface area is 104 Å². The molecule has 1 rings (SSSR count). The van der Waals surface area contributed by atoms with Crippen LogP contribution in [0.3, 0.4) is 0 Å². The van der Waals surface area contributed by atoms with Crippen molar-refractivity contribution >= 4 is 0 Å². The zero-order chi connectivity index (χ0) is 12.7. The lowest BCUT2D eigenvalue weighted by atomic mass is 10.1. The summed E-state index contributed by atoms with van der Waals surface area (Å²) in [4.78, 5) is 2.26. The summed E-state index contributed by atoms with van der Waals surface area (Å²) < 4.78 is 10.6. The van der Waals surface area contributed by atoms with Gasteiger partial charge in [-0.25, -0.2) is 0 Å². The van der Waals surface area contributed by atoms with E-state index in [2.05, 4.69) is 24.1 Å². The van der Waals surface area contributed by atoms with Crippen LogP contribution in [0.4, 0.5) is 0 Å². The number of morpholine rings is 1. The third-order valence-electron chi connectivity index (χ3n) is 2.84. The smallest absolute Gasteiger partial charge is 0.0791 e. The monoisotopic (exact) mass is 246 g/mol. The summed E-state index contributed by atoms with van der Waals surface area (Å²) in [5.74, 6) is 0. The molecule has 102 valence electrons. The van der Waals surface area contributed by atoms with E-state index in [0.717, 1.165) is 26.2 Å². The average Bonchev–Trinajstić information content (AvgIpc) is 2.23. The van der Waals surface area contributed by atoms with E-state index in [9.17, 15) is 5.11 Å². The number of methoxy groups -OCH3 is 1. The van der Waals surface area contributed by atoms with Crippen LogP contribution in [-0.4, -0.2) is 74.8 Å². The molecule has 0 aliphatic carbocycles. The molecule has 0 spiro atoms. The van der Waals surface area contributed by atoms with Gasteiger partial charge >= 0.3 is 0 Å². The van der Waals surface area contributed by atoms with Crippen molar-refractivity contribution in [1.82, 2.24) is 10.2 Å². The van der Waals surface area contributed by atoms with Crippen LogP contribution in [0.1, 0.15) is 13.8 Å². The largest absolute Gasteiger partial charge is 0.390 e. The predicted octanol–water partition coefficient (Wildman–Crippen LogP) is -0.306. The van der Waals surface area contributed by atoms with Crippen LogP contribution in [0.5, 0.6) is 0 Å². The van der Waals surface area contributed by atoms with Gasteiger partial charge in [0.1, 0.15) is 0 Å². The highest BCUT2D eigenvalue weighted by atomic mass is 16.5. The molecule has 0 aromatic heterocycles. The highest BCUT2D eigenvalue weighted by Gasteiger charge is 2.27. The molecule has 0 aromatic rings. The Bertz CT molecular complexity index is 212. The lowest BCUT2D eigenvalue weighted by molar-refractivity contribution is -0.0928. The number of β-amino-alcohol motifs (C(OH)–C–C–N with tert-alkyl or cyclic N) is 1. The first kappa shape index (κ1) is 14.9. The minimum atomic E-state index is -0.333. The molecule has 5 nitrogen and oxygen atoms in total. The van der Waals surface area contributed by atoms with Gasteiger partial charge in [0.25, 0.3) is 0 Å². The molecule has 0 amide bonds. The van der Waals surface area contributed by atoms with Crippen molar-refractivity contribution in [2.75, 3.05) is 53.0 Å². The summed E-state index contributed by atoms with van der Waals surface area (Å²) in [6.07, 6.45) is -0.333. The maximum Gasteiger partial charge on any atom is 0.0791 e. The van der Waals surface area contributed by atoms with Crippen molar-refractivity contribution in [2.45, 2.75) is 25.6 Å². The maximum atomic E-state index is 9.89. The van der Waals surface area contributed by atoms with Crippen molar-refractivity contribution < 1.29 is 14.6 Å². The Morgan fingerprint density at radius 2 is 2.29 bits per heavy atom. The lowest BCUT2D eigenvalue weighted by Gasteiger charge is -2.38. The Hall–Kier alpha value is -0.200. The molecule has 1 saturated heterocycles. The summed E-state index contributed by atoms with van der Waals surface area (Å²) in [5, 5.41) is 13.0. The minimum absolute atomic E-state index is 0.0958. The second-order valence-corrected chi connectivity index (χ2v) is 5.19. The first-order chi connectivity index (χ1) is 8.03. The molecule has 2 N–H and O–H groups in total. The van der Waals surface area contributed by atoms with Gasteiger partial charge in [0, 0.05) is 39.8 Å². The Morgan fingerprint density at radius 3 is 2.94 bits per heavy atom. The molecule has 0 bridgehead atoms. The summed E-state index contributed by atoms with van der Waals surface area (Å²) in [6, 6.07) is 0. The topological polar surface area (TPSA) is 54.0 Å². The molecule has 1 atom stereocenters. The summed E-state index contributed by atoms with van der Waals surface area (Å²) in [7, 11) is 1.67. The second-order valence-electron chi connectivity index (χ2n) is 5.19. The molecule has 0 saturated carbocycles. The number of hydrogen-bond donors (Lipinski definition) is 2. The van der Waals surface area contributed by atoms with Crippen LogP contribution in [0.25, 0.3) is 0 Å². The zero-order valence-corrected chi connectivity index (χ0v) is 11.2. The van der Waals surface area contributed by atoms with Gasteiger partial charge in [-0.05, 0) is 13.8 Å². The quantitative estimate of drug-likeness (QED) is 0.604. The number of hydrogen-bond acceptors (Lipinski definition) is 5. The number of aliphatic hydroxyl groups excluding tert-OH is 1. The van der Waals surface area contributed by atoms with Gasteiger partial charge in [-0.1, -0.05) is 0 Å². The maximum absolute atomic E-state index is 9.89. The van der Waals surface area contributed by atoms with Gasteiger partial charge in [-0.15, -0.1) is 0 Å². The van der Waals surface area contributed by atoms with E-state index >= 15 is 0 Å². The summed E-state index contributed by atoms with van der Waals surface area (Å²) in [6.45, 7) is 9.47. The standard InChI is InChI=1S/C12H26N2O3/c1-12(2)10-14(5-7-17-12)9-11(15)8-13-4-6-16-3/h11,13,15H,4-10H2,1-3H3. The Balaban J connectivity index is 2.15. The van der Waals surface area contributed by atoms with Crippen molar-refractivity contribution in [2.24, 2.45) is 0 Å². The molecule has 5 heteroatoms. The van der Waals surface area contributed by atoms with Gasteiger partial charge in [0.2, 0.25) is 0 Å². The van der Waals surface area contributed by atoms with Crippen LogP contribution >= 0.6 is 0 Å². The fourth-order valence-electron chi connectivity index (χ4n) is 2.08. The molecule has 1 aliphatic rings. The molecule has 1 heterocycles. The second kappa shape index (κ2) is 7.28. The van der Waals surface area contributed by atoms with Crippen LogP contribution in [-0.2, 0) is 9.47 Å². The van der Waals surface area contributed by atoms with E-state index in [0.29, 0.717) is 19.7 Å². The van der Waals surface area contributed by atoms with Gasteiger partial charge in [-0.2, -0.15) is 0 Å². The molecule has 0 radical (unpaired) electrons. The fraction of sp³-hybridized carbons (Fsp3) is 1.00. The molecule has 1 fully saturated rings. The SMILES string of the molecule is COCCNCC(O)CN1CCOC(C)(C)C1. The zero-order valence-electron chi connectivity index (χ0n) is 11.2. The van der Waals surface area contributed by atoms with Crippen molar-refractivity contribution in [1.29, 1.82) is 0 Å². The summed E-state index contributed by atoms with van der Waals surface area (Å²) >= 11 is 0. The number of rotatable bonds is 7. The van der Waals surface area contributed by atoms with E-state index in [-0.39, 0.29) is 11.7 Å². The Morgan fingerprint density at radius 1 is 1.53 bits per heavy atom. The molecule has 1 aliphatic heterocycles. The van der Waals surface area contributed by atoms with Crippen LogP contribution in [0.2, 0.25) is 0 Å². The molecular formula is C12H26N2O3. The Kier molecular flexibility index (Phi) is 6.37. The number of aliphatic hydroxyl groups is 1. The first-order valence-corrected chi connectivity index (χ1v) is 6.27. The highest BCUT2D eigenvalue weighted by Crippen LogP contribution is 2.16. The molecule has 1 unspecified atom stereocenters. The van der Waals surface area contributed by atoms with E-state index in [1.54, 1.807) is 7.11 Å². The average molecular weight is 246 g/mol. The fourth-order valence-corrected chi connectivity index (χ4v) is 2.08. The van der Waals surface area contributed by atoms with E-state index < -0.39 is 0 Å². The molecule has 17 heavy (non-hydrogen) atoms. The van der Waals surface area contributed by atoms with Gasteiger partial charge in [0.15, 0.2) is 0 Å². The number of nitrogens with one attached hydrogen (secondary N) is 1. The van der Waals surface area contributed by atoms with E-state index in [1.807, 2.05) is 0 Å². The van der Waals surface area contributed by atoms with Gasteiger partial charge in [0.05, 0.1) is 24.9 Å². The van der Waals surface area contributed by atoms with Gasteiger partial charge < -0.3 is 19.9 Å². The van der Waals surface area contributed by atoms with Crippen molar-refractivity contribution in [3.05, 3.63) is 0 Å².